The van der Waals surface area contributed by atoms with Crippen molar-refractivity contribution in [1.82, 2.24) is 4.90 Å². The third-order valence-corrected chi connectivity index (χ3v) is 5.13. The van der Waals surface area contributed by atoms with Crippen molar-refractivity contribution in [2.24, 2.45) is 0 Å². The van der Waals surface area contributed by atoms with Gasteiger partial charge in [0.1, 0.15) is 11.7 Å². The zero-order valence-corrected chi connectivity index (χ0v) is 15.1. The second kappa shape index (κ2) is 8.01. The summed E-state index contributed by atoms with van der Waals surface area (Å²) in [4.78, 5) is 27.9. The molecule has 0 aromatic heterocycles. The van der Waals surface area contributed by atoms with Crippen LogP contribution in [0.1, 0.15) is 45.4 Å². The lowest BCUT2D eigenvalue weighted by molar-refractivity contribution is -0.140. The molecular weight excluding hydrogens is 340 g/mol. The summed E-state index contributed by atoms with van der Waals surface area (Å²) in [5.74, 6) is -1.81. The minimum Gasteiger partial charge on any atom is -0.367 e. The summed E-state index contributed by atoms with van der Waals surface area (Å²) in [6.45, 7) is 3.57. The van der Waals surface area contributed by atoms with Gasteiger partial charge in [-0.15, -0.1) is 0 Å². The van der Waals surface area contributed by atoms with Crippen LogP contribution in [0.5, 0.6) is 0 Å². The van der Waals surface area contributed by atoms with Crippen LogP contribution in [0.25, 0.3) is 0 Å². The molecular formula is C19H25F2N3O2. The Morgan fingerprint density at radius 3 is 2.31 bits per heavy atom. The quantitative estimate of drug-likeness (QED) is 0.891. The van der Waals surface area contributed by atoms with Crippen LogP contribution in [-0.4, -0.2) is 42.4 Å². The van der Waals surface area contributed by atoms with E-state index in [0.717, 1.165) is 37.8 Å². The van der Waals surface area contributed by atoms with Crippen LogP contribution < -0.4 is 10.2 Å². The Bertz CT molecular complexity index is 666. The molecule has 0 saturated carbocycles. The Hall–Kier alpha value is -2.18. The van der Waals surface area contributed by atoms with Crippen LogP contribution in [0, 0.1) is 11.6 Å². The van der Waals surface area contributed by atoms with E-state index in [4.69, 9.17) is 0 Å². The molecule has 1 aromatic rings. The highest BCUT2D eigenvalue weighted by Crippen LogP contribution is 2.30. The summed E-state index contributed by atoms with van der Waals surface area (Å²) < 4.78 is 28.8. The molecule has 1 atom stereocenters. The highest BCUT2D eigenvalue weighted by atomic mass is 19.1. The third-order valence-electron chi connectivity index (χ3n) is 5.13. The van der Waals surface area contributed by atoms with Gasteiger partial charge in [-0.1, -0.05) is 6.92 Å². The van der Waals surface area contributed by atoms with E-state index in [1.54, 1.807) is 16.7 Å². The normalized spacial score (nSPS) is 20.3. The lowest BCUT2D eigenvalue weighted by Gasteiger charge is -2.34. The number of nitrogens with one attached hydrogen (secondary N) is 1. The van der Waals surface area contributed by atoms with Crippen LogP contribution in [0.2, 0.25) is 0 Å². The van der Waals surface area contributed by atoms with Crippen molar-refractivity contribution < 1.29 is 18.4 Å². The van der Waals surface area contributed by atoms with Gasteiger partial charge in [0.15, 0.2) is 11.6 Å². The Balaban J connectivity index is 1.75. The second-order valence-corrected chi connectivity index (χ2v) is 6.92. The maximum Gasteiger partial charge on any atom is 0.247 e. The SMILES string of the molecule is CCC(=O)N1CCCCC1C(=O)Nc1cc(F)c(N2CCCC2)c(F)c1. The van der Waals surface area contributed by atoms with Crippen molar-refractivity contribution in [3.63, 3.8) is 0 Å². The first-order chi connectivity index (χ1) is 12.5. The minimum atomic E-state index is -0.674. The van der Waals surface area contributed by atoms with Crippen molar-refractivity contribution in [3.8, 4) is 0 Å². The van der Waals surface area contributed by atoms with Crippen LogP contribution in [0.15, 0.2) is 12.1 Å². The van der Waals surface area contributed by atoms with Gasteiger partial charge >= 0.3 is 0 Å². The minimum absolute atomic E-state index is 0.0269. The number of rotatable bonds is 4. The van der Waals surface area contributed by atoms with Crippen LogP contribution in [0.4, 0.5) is 20.2 Å². The molecule has 0 aliphatic carbocycles. The number of benzene rings is 1. The van der Waals surface area contributed by atoms with Crippen molar-refractivity contribution in [2.75, 3.05) is 29.9 Å². The number of hydrogen-bond acceptors (Lipinski definition) is 3. The summed E-state index contributed by atoms with van der Waals surface area (Å²) in [7, 11) is 0. The predicted molar refractivity (Wildman–Crippen MR) is 96.1 cm³/mol. The van der Waals surface area contributed by atoms with Gasteiger partial charge in [0.25, 0.3) is 0 Å². The van der Waals surface area contributed by atoms with Gasteiger partial charge in [-0.05, 0) is 44.2 Å². The predicted octanol–water partition coefficient (Wildman–Crippen LogP) is 3.29. The monoisotopic (exact) mass is 365 g/mol. The molecule has 1 aromatic carbocycles. The van der Waals surface area contributed by atoms with Gasteiger partial charge in [0, 0.05) is 31.7 Å². The summed E-state index contributed by atoms with van der Waals surface area (Å²) in [6, 6.07) is 1.73. The molecule has 3 rings (SSSR count). The van der Waals surface area contributed by atoms with Crippen LogP contribution >= 0.6 is 0 Å². The molecule has 5 nitrogen and oxygen atoms in total. The molecule has 0 radical (unpaired) electrons. The number of nitrogens with zero attached hydrogens (tertiary/aromatic N) is 2. The molecule has 2 aliphatic rings. The molecule has 0 spiro atoms. The van der Waals surface area contributed by atoms with Crippen LogP contribution in [-0.2, 0) is 9.59 Å². The van der Waals surface area contributed by atoms with Gasteiger partial charge in [0.2, 0.25) is 11.8 Å². The van der Waals surface area contributed by atoms with E-state index < -0.39 is 17.7 Å². The molecule has 2 saturated heterocycles. The first-order valence-corrected chi connectivity index (χ1v) is 9.35. The molecule has 26 heavy (non-hydrogen) atoms. The van der Waals surface area contributed by atoms with Crippen molar-refractivity contribution in [2.45, 2.75) is 51.5 Å². The fourth-order valence-corrected chi connectivity index (χ4v) is 3.81. The number of halogens is 2. The molecule has 1 unspecified atom stereocenters. The lowest BCUT2D eigenvalue weighted by Crippen LogP contribution is -2.49. The average Bonchev–Trinajstić information content (AvgIpc) is 3.14. The van der Waals surface area contributed by atoms with E-state index >= 15 is 0 Å². The van der Waals surface area contributed by atoms with Crippen molar-refractivity contribution in [1.29, 1.82) is 0 Å². The average molecular weight is 365 g/mol. The number of carbonyl (C=O) groups is 2. The summed E-state index contributed by atoms with van der Waals surface area (Å²) in [5.41, 5.74) is 0.0587. The fraction of sp³-hybridized carbons (Fsp3) is 0.579. The Kier molecular flexibility index (Phi) is 5.74. The lowest BCUT2D eigenvalue weighted by atomic mass is 10.0. The zero-order valence-electron chi connectivity index (χ0n) is 15.1. The Morgan fingerprint density at radius 1 is 1.08 bits per heavy atom. The molecule has 2 aliphatic heterocycles. The smallest absolute Gasteiger partial charge is 0.247 e. The molecule has 1 N–H and O–H groups in total. The topological polar surface area (TPSA) is 52.7 Å². The van der Waals surface area contributed by atoms with Crippen molar-refractivity contribution >= 4 is 23.2 Å². The summed E-state index contributed by atoms with van der Waals surface area (Å²) in [5, 5.41) is 2.59. The largest absolute Gasteiger partial charge is 0.367 e. The van der Waals surface area contributed by atoms with Crippen LogP contribution in [0.3, 0.4) is 0 Å². The van der Waals surface area contributed by atoms with E-state index in [1.165, 1.54) is 0 Å². The maximum absolute atomic E-state index is 14.4. The molecule has 142 valence electrons. The van der Waals surface area contributed by atoms with Crippen molar-refractivity contribution in [3.05, 3.63) is 23.8 Å². The number of amides is 2. The highest BCUT2D eigenvalue weighted by molar-refractivity contribution is 5.97. The number of likely N-dealkylation sites (tertiary alicyclic amines) is 1. The molecule has 2 fully saturated rings. The Morgan fingerprint density at radius 2 is 1.69 bits per heavy atom. The summed E-state index contributed by atoms with van der Waals surface area (Å²) >= 11 is 0. The highest BCUT2D eigenvalue weighted by Gasteiger charge is 2.31. The van der Waals surface area contributed by atoms with Gasteiger partial charge < -0.3 is 15.1 Å². The molecule has 2 heterocycles. The van der Waals surface area contributed by atoms with Gasteiger partial charge in [-0.25, -0.2) is 8.78 Å². The molecule has 2 amide bonds. The van der Waals surface area contributed by atoms with E-state index in [9.17, 15) is 18.4 Å². The van der Waals surface area contributed by atoms with Gasteiger partial charge in [-0.2, -0.15) is 0 Å². The molecule has 0 bridgehead atoms. The number of hydrogen-bond donors (Lipinski definition) is 1. The molecule has 7 heteroatoms. The van der Waals surface area contributed by atoms with E-state index in [2.05, 4.69) is 5.32 Å². The van der Waals surface area contributed by atoms with E-state index in [1.807, 2.05) is 0 Å². The van der Waals surface area contributed by atoms with E-state index in [-0.39, 0.29) is 23.2 Å². The van der Waals surface area contributed by atoms with Gasteiger partial charge in [0.05, 0.1) is 0 Å². The second-order valence-electron chi connectivity index (χ2n) is 6.92. The number of piperidine rings is 1. The van der Waals surface area contributed by atoms with E-state index in [0.29, 0.717) is 32.5 Å². The number of anilines is 2. The first-order valence-electron chi connectivity index (χ1n) is 9.35. The standard InChI is InChI=1S/C19H25F2N3O2/c1-2-17(25)24-10-4-3-7-16(24)19(26)22-13-11-14(20)18(15(21)12-13)23-8-5-6-9-23/h11-12,16H,2-10H2,1H3,(H,22,26). The Labute approximate surface area is 152 Å². The fourth-order valence-electron chi connectivity index (χ4n) is 3.81. The summed E-state index contributed by atoms with van der Waals surface area (Å²) in [6.07, 6.45) is 4.44. The zero-order chi connectivity index (χ0) is 18.7. The first kappa shape index (κ1) is 18.6. The van der Waals surface area contributed by atoms with Gasteiger partial charge in [-0.3, -0.25) is 9.59 Å². The third kappa shape index (κ3) is 3.81. The number of carbonyl (C=O) groups excluding carboxylic acids is 2. The maximum atomic E-state index is 14.4.